The van der Waals surface area contributed by atoms with Gasteiger partial charge in [0.15, 0.2) is 0 Å². The summed E-state index contributed by atoms with van der Waals surface area (Å²) in [5.41, 5.74) is 0. The maximum Gasteiger partial charge on any atom is 0.132 e. The third-order valence-electron chi connectivity index (χ3n) is 1.94. The Kier molecular flexibility index (Phi) is 2.94. The van der Waals surface area contributed by atoms with E-state index in [1.54, 1.807) is 18.4 Å². The van der Waals surface area contributed by atoms with Gasteiger partial charge in [-0.25, -0.2) is 0 Å². The molecule has 62 valence electrons. The highest BCUT2D eigenvalue weighted by atomic mass is 32.1. The topological polar surface area (TPSA) is 9.23 Å². The molecule has 1 heterocycles. The van der Waals surface area contributed by atoms with Gasteiger partial charge in [-0.3, -0.25) is 0 Å². The zero-order chi connectivity index (χ0) is 8.27. The van der Waals surface area contributed by atoms with Crippen LogP contribution in [0.4, 0.5) is 0 Å². The molecular formula is C9H14OS. The second-order valence-corrected chi connectivity index (χ2v) is 3.61. The maximum absolute atomic E-state index is 5.22. The number of hydrogen-bond acceptors (Lipinski definition) is 2. The van der Waals surface area contributed by atoms with Gasteiger partial charge >= 0.3 is 0 Å². The van der Waals surface area contributed by atoms with Crippen LogP contribution in [0.3, 0.4) is 0 Å². The fourth-order valence-corrected chi connectivity index (χ4v) is 2.03. The summed E-state index contributed by atoms with van der Waals surface area (Å²) in [6.45, 7) is 4.43. The predicted octanol–water partition coefficient (Wildman–Crippen LogP) is 3.27. The van der Waals surface area contributed by atoms with Crippen LogP contribution in [0, 0.1) is 0 Å². The van der Waals surface area contributed by atoms with Crippen LogP contribution >= 0.6 is 11.3 Å². The van der Waals surface area contributed by atoms with E-state index in [1.807, 2.05) is 6.07 Å². The van der Waals surface area contributed by atoms with Crippen LogP contribution in [-0.2, 0) is 0 Å². The maximum atomic E-state index is 5.22. The molecule has 2 heteroatoms. The van der Waals surface area contributed by atoms with Gasteiger partial charge in [0.1, 0.15) is 5.75 Å². The van der Waals surface area contributed by atoms with E-state index in [2.05, 4.69) is 19.2 Å². The van der Waals surface area contributed by atoms with Crippen molar-refractivity contribution in [2.75, 3.05) is 7.11 Å². The van der Waals surface area contributed by atoms with E-state index in [9.17, 15) is 0 Å². The molecule has 0 amide bonds. The first kappa shape index (κ1) is 8.60. The Morgan fingerprint density at radius 1 is 1.64 bits per heavy atom. The highest BCUT2D eigenvalue weighted by molar-refractivity contribution is 7.10. The Hall–Kier alpha value is -0.500. The zero-order valence-corrected chi connectivity index (χ0v) is 8.07. The molecule has 1 aromatic heterocycles. The third-order valence-corrected chi connectivity index (χ3v) is 3.07. The molecular weight excluding hydrogens is 156 g/mol. The van der Waals surface area contributed by atoms with Gasteiger partial charge in [-0.2, -0.15) is 0 Å². The van der Waals surface area contributed by atoms with Crippen LogP contribution in [-0.4, -0.2) is 7.11 Å². The molecule has 0 aliphatic heterocycles. The van der Waals surface area contributed by atoms with E-state index >= 15 is 0 Å². The summed E-state index contributed by atoms with van der Waals surface area (Å²) in [7, 11) is 1.73. The summed E-state index contributed by atoms with van der Waals surface area (Å²) in [6, 6.07) is 2.03. The van der Waals surface area contributed by atoms with Gasteiger partial charge in [0.05, 0.1) is 7.11 Å². The van der Waals surface area contributed by atoms with Crippen molar-refractivity contribution in [2.24, 2.45) is 0 Å². The summed E-state index contributed by atoms with van der Waals surface area (Å²) >= 11 is 1.78. The molecule has 11 heavy (non-hydrogen) atoms. The summed E-state index contributed by atoms with van der Waals surface area (Å²) < 4.78 is 5.22. The molecule has 0 aliphatic carbocycles. The normalized spacial score (nSPS) is 13.0. The number of methoxy groups -OCH3 is 1. The van der Waals surface area contributed by atoms with Gasteiger partial charge in [-0.05, 0) is 23.8 Å². The SMILES string of the molecule is CCC(C)c1sccc1OC. The van der Waals surface area contributed by atoms with Gasteiger partial charge in [-0.15, -0.1) is 11.3 Å². The molecule has 1 aromatic rings. The first-order chi connectivity index (χ1) is 5.29. The van der Waals surface area contributed by atoms with Crippen LogP contribution in [0.15, 0.2) is 11.4 Å². The Balaban J connectivity index is 2.83. The highest BCUT2D eigenvalue weighted by Crippen LogP contribution is 2.33. The number of ether oxygens (including phenoxy) is 1. The van der Waals surface area contributed by atoms with E-state index in [1.165, 1.54) is 11.3 Å². The average Bonchev–Trinajstić information content (AvgIpc) is 2.50. The van der Waals surface area contributed by atoms with Crippen molar-refractivity contribution in [1.29, 1.82) is 0 Å². The molecule has 1 atom stereocenters. The number of hydrogen-bond donors (Lipinski definition) is 0. The molecule has 0 radical (unpaired) electrons. The molecule has 0 fully saturated rings. The lowest BCUT2D eigenvalue weighted by atomic mass is 10.1. The summed E-state index contributed by atoms with van der Waals surface area (Å²) in [6.07, 6.45) is 1.18. The molecule has 0 spiro atoms. The standard InChI is InChI=1S/C9H14OS/c1-4-7(2)9-8(10-3)5-6-11-9/h5-7H,4H2,1-3H3. The summed E-state index contributed by atoms with van der Waals surface area (Å²) in [5.74, 6) is 1.68. The largest absolute Gasteiger partial charge is 0.496 e. The van der Waals surface area contributed by atoms with Crippen molar-refractivity contribution in [3.63, 3.8) is 0 Å². The van der Waals surface area contributed by atoms with Gasteiger partial charge in [0.2, 0.25) is 0 Å². The minimum Gasteiger partial charge on any atom is -0.496 e. The second kappa shape index (κ2) is 3.77. The van der Waals surface area contributed by atoms with Crippen molar-refractivity contribution in [2.45, 2.75) is 26.2 Å². The first-order valence-corrected chi connectivity index (χ1v) is 4.79. The lowest BCUT2D eigenvalue weighted by molar-refractivity contribution is 0.409. The fraction of sp³-hybridized carbons (Fsp3) is 0.556. The highest BCUT2D eigenvalue weighted by Gasteiger charge is 2.09. The van der Waals surface area contributed by atoms with Gasteiger partial charge in [-0.1, -0.05) is 13.8 Å². The lowest BCUT2D eigenvalue weighted by Crippen LogP contribution is -1.90. The molecule has 0 saturated heterocycles. The predicted molar refractivity (Wildman–Crippen MR) is 49.6 cm³/mol. The van der Waals surface area contributed by atoms with E-state index in [0.29, 0.717) is 5.92 Å². The average molecular weight is 170 g/mol. The Morgan fingerprint density at radius 3 is 2.91 bits per heavy atom. The van der Waals surface area contributed by atoms with Crippen LogP contribution in [0.1, 0.15) is 31.1 Å². The smallest absolute Gasteiger partial charge is 0.132 e. The van der Waals surface area contributed by atoms with E-state index in [0.717, 1.165) is 5.75 Å². The van der Waals surface area contributed by atoms with Crippen molar-refractivity contribution in [3.8, 4) is 5.75 Å². The van der Waals surface area contributed by atoms with Crippen molar-refractivity contribution < 1.29 is 4.74 Å². The Bertz CT molecular complexity index is 217. The molecule has 1 nitrogen and oxygen atoms in total. The van der Waals surface area contributed by atoms with E-state index in [-0.39, 0.29) is 0 Å². The van der Waals surface area contributed by atoms with Gasteiger partial charge < -0.3 is 4.74 Å². The first-order valence-electron chi connectivity index (χ1n) is 3.91. The van der Waals surface area contributed by atoms with Gasteiger partial charge in [0.25, 0.3) is 0 Å². The summed E-state index contributed by atoms with van der Waals surface area (Å²) in [5, 5.41) is 2.08. The van der Waals surface area contributed by atoms with Crippen molar-refractivity contribution in [3.05, 3.63) is 16.3 Å². The molecule has 0 aromatic carbocycles. The van der Waals surface area contributed by atoms with Crippen LogP contribution < -0.4 is 4.74 Å². The fourth-order valence-electron chi connectivity index (χ4n) is 1.02. The molecule has 1 unspecified atom stereocenters. The minimum atomic E-state index is 0.630. The van der Waals surface area contributed by atoms with E-state index < -0.39 is 0 Å². The van der Waals surface area contributed by atoms with Crippen molar-refractivity contribution in [1.82, 2.24) is 0 Å². The molecule has 0 bridgehead atoms. The molecule has 0 saturated carbocycles. The molecule has 0 N–H and O–H groups in total. The number of rotatable bonds is 3. The Labute approximate surface area is 72.0 Å². The van der Waals surface area contributed by atoms with Crippen LogP contribution in [0.25, 0.3) is 0 Å². The molecule has 0 aliphatic rings. The quantitative estimate of drug-likeness (QED) is 0.676. The van der Waals surface area contributed by atoms with Crippen LogP contribution in [0.5, 0.6) is 5.75 Å². The van der Waals surface area contributed by atoms with E-state index in [4.69, 9.17) is 4.74 Å². The van der Waals surface area contributed by atoms with Crippen LogP contribution in [0.2, 0.25) is 0 Å². The lowest BCUT2D eigenvalue weighted by Gasteiger charge is -2.07. The number of thiophene rings is 1. The van der Waals surface area contributed by atoms with Crippen molar-refractivity contribution >= 4 is 11.3 Å². The third kappa shape index (κ3) is 1.74. The second-order valence-electron chi connectivity index (χ2n) is 2.66. The minimum absolute atomic E-state index is 0.630. The zero-order valence-electron chi connectivity index (χ0n) is 7.26. The monoisotopic (exact) mass is 170 g/mol. The van der Waals surface area contributed by atoms with Gasteiger partial charge in [0, 0.05) is 4.88 Å². The Morgan fingerprint density at radius 2 is 2.36 bits per heavy atom. The summed E-state index contributed by atoms with van der Waals surface area (Å²) in [4.78, 5) is 1.37. The molecule has 1 rings (SSSR count).